The molecule has 0 fully saturated rings. The summed E-state index contributed by atoms with van der Waals surface area (Å²) in [5.41, 5.74) is 1.23. The fraction of sp³-hybridized carbons (Fsp3) is 0.158. The van der Waals surface area contributed by atoms with Gasteiger partial charge in [-0.25, -0.2) is 4.52 Å². The molecule has 0 unspecified atom stereocenters. The zero-order chi connectivity index (χ0) is 21.1. The molecule has 3 heterocycles. The zero-order valence-electron chi connectivity index (χ0n) is 15.7. The minimum absolute atomic E-state index is 0.277. The number of aromatic nitrogens is 3. The second kappa shape index (κ2) is 8.82. The molecule has 0 saturated carbocycles. The zero-order valence-corrected chi connectivity index (χ0v) is 18.1. The summed E-state index contributed by atoms with van der Waals surface area (Å²) in [6, 6.07) is 8.68. The van der Waals surface area contributed by atoms with Crippen LogP contribution in [-0.2, 0) is 16.0 Å². The van der Waals surface area contributed by atoms with Gasteiger partial charge in [0.25, 0.3) is 0 Å². The van der Waals surface area contributed by atoms with E-state index in [-0.39, 0.29) is 6.54 Å². The highest BCUT2D eigenvalue weighted by Crippen LogP contribution is 2.27. The minimum atomic E-state index is -0.799. The van der Waals surface area contributed by atoms with Crippen molar-refractivity contribution in [1.29, 1.82) is 0 Å². The first-order valence-corrected chi connectivity index (χ1v) is 11.0. The third kappa shape index (κ3) is 4.30. The highest BCUT2D eigenvalue weighted by Gasteiger charge is 2.17. The van der Waals surface area contributed by atoms with Crippen LogP contribution in [0.2, 0.25) is 5.02 Å². The Morgan fingerprint density at radius 2 is 2.10 bits per heavy atom. The maximum atomic E-state index is 12.2. The highest BCUT2D eigenvalue weighted by molar-refractivity contribution is 7.15. The molecule has 0 spiro atoms. The van der Waals surface area contributed by atoms with Crippen LogP contribution >= 0.6 is 34.3 Å². The second-order valence-electron chi connectivity index (χ2n) is 6.14. The van der Waals surface area contributed by atoms with E-state index in [0.29, 0.717) is 28.7 Å². The number of thiophene rings is 1. The van der Waals surface area contributed by atoms with Crippen molar-refractivity contribution in [2.75, 3.05) is 19.0 Å². The molecule has 4 rings (SSSR count). The van der Waals surface area contributed by atoms with E-state index in [2.05, 4.69) is 20.7 Å². The van der Waals surface area contributed by atoms with E-state index in [1.807, 2.05) is 22.9 Å². The summed E-state index contributed by atoms with van der Waals surface area (Å²) < 4.78 is 6.93. The van der Waals surface area contributed by atoms with Crippen LogP contribution in [0.5, 0.6) is 5.75 Å². The molecule has 0 radical (unpaired) electrons. The van der Waals surface area contributed by atoms with Crippen molar-refractivity contribution >= 4 is 56.7 Å². The molecular formula is C19H16ClN5O3S2. The molecule has 154 valence electrons. The van der Waals surface area contributed by atoms with Crippen LogP contribution in [0.25, 0.3) is 15.7 Å². The van der Waals surface area contributed by atoms with Gasteiger partial charge in [0.05, 0.1) is 23.4 Å². The maximum Gasteiger partial charge on any atom is 0.313 e. The fourth-order valence-corrected chi connectivity index (χ4v) is 4.43. The Bertz CT molecular complexity index is 1200. The Kier molecular flexibility index (Phi) is 5.98. The molecule has 30 heavy (non-hydrogen) atoms. The summed E-state index contributed by atoms with van der Waals surface area (Å²) in [5, 5.41) is 14.0. The number of methoxy groups -OCH3 is 1. The van der Waals surface area contributed by atoms with Gasteiger partial charge in [-0.1, -0.05) is 17.7 Å². The number of benzene rings is 1. The largest absolute Gasteiger partial charge is 0.495 e. The number of hydrogen-bond donors (Lipinski definition) is 2. The predicted octanol–water partition coefficient (Wildman–Crippen LogP) is 3.48. The van der Waals surface area contributed by atoms with Crippen molar-refractivity contribution in [2.45, 2.75) is 6.42 Å². The third-order valence-corrected chi connectivity index (χ3v) is 6.14. The summed E-state index contributed by atoms with van der Waals surface area (Å²) in [6.45, 7) is 0.277. The molecule has 4 aromatic rings. The molecule has 0 saturated heterocycles. The molecule has 8 nitrogen and oxygen atoms in total. The van der Waals surface area contributed by atoms with Gasteiger partial charge < -0.3 is 15.4 Å². The number of anilines is 1. The van der Waals surface area contributed by atoms with Crippen molar-refractivity contribution in [3.63, 3.8) is 0 Å². The van der Waals surface area contributed by atoms with Gasteiger partial charge in [-0.3, -0.25) is 9.59 Å². The lowest BCUT2D eigenvalue weighted by Gasteiger charge is -2.10. The fourth-order valence-electron chi connectivity index (χ4n) is 2.75. The summed E-state index contributed by atoms with van der Waals surface area (Å²) in [5.74, 6) is -0.459. The normalized spacial score (nSPS) is 10.9. The highest BCUT2D eigenvalue weighted by atomic mass is 35.5. The van der Waals surface area contributed by atoms with Crippen LogP contribution in [0.1, 0.15) is 5.69 Å². The molecule has 0 aliphatic carbocycles. The molecule has 0 atom stereocenters. The van der Waals surface area contributed by atoms with E-state index < -0.39 is 11.8 Å². The molecule has 1 aromatic carbocycles. The molecule has 0 aliphatic heterocycles. The Morgan fingerprint density at radius 3 is 2.87 bits per heavy atom. The Labute approximate surface area is 184 Å². The number of fused-ring (bicyclic) bond motifs is 1. The number of hydrogen-bond acceptors (Lipinski definition) is 7. The monoisotopic (exact) mass is 461 g/mol. The van der Waals surface area contributed by atoms with Crippen LogP contribution in [0.3, 0.4) is 0 Å². The van der Waals surface area contributed by atoms with Gasteiger partial charge in [0, 0.05) is 23.4 Å². The lowest BCUT2D eigenvalue weighted by Crippen LogP contribution is -2.36. The topological polar surface area (TPSA) is 97.6 Å². The van der Waals surface area contributed by atoms with E-state index in [0.717, 1.165) is 15.5 Å². The van der Waals surface area contributed by atoms with Gasteiger partial charge in [0.1, 0.15) is 5.75 Å². The average molecular weight is 462 g/mol. The van der Waals surface area contributed by atoms with E-state index in [9.17, 15) is 9.59 Å². The van der Waals surface area contributed by atoms with E-state index in [4.69, 9.17) is 16.3 Å². The molecular weight excluding hydrogens is 446 g/mol. The van der Waals surface area contributed by atoms with Gasteiger partial charge >= 0.3 is 11.8 Å². The standard InChI is InChI=1S/C19H16ClN5O3S2/c1-28-14-5-4-11(20)9-13(14)22-18(27)17(26)21-7-6-12-10-30-19-23-16(24-25(12)19)15-3-2-8-29-15/h2-5,8-10H,6-7H2,1H3,(H,21,26)(H,22,27). The lowest BCUT2D eigenvalue weighted by molar-refractivity contribution is -0.136. The maximum absolute atomic E-state index is 12.2. The number of amides is 2. The molecule has 0 aliphatic rings. The van der Waals surface area contributed by atoms with Gasteiger partial charge in [-0.15, -0.1) is 27.8 Å². The third-order valence-electron chi connectivity index (χ3n) is 4.17. The molecule has 3 aromatic heterocycles. The summed E-state index contributed by atoms with van der Waals surface area (Å²) in [6.07, 6.45) is 0.507. The second-order valence-corrected chi connectivity index (χ2v) is 8.36. The van der Waals surface area contributed by atoms with Crippen LogP contribution in [0.4, 0.5) is 5.69 Å². The van der Waals surface area contributed by atoms with Gasteiger partial charge in [0.15, 0.2) is 5.82 Å². The van der Waals surface area contributed by atoms with Crippen molar-refractivity contribution in [1.82, 2.24) is 19.9 Å². The quantitative estimate of drug-likeness (QED) is 0.428. The number of thiazole rings is 1. The van der Waals surface area contributed by atoms with Crippen molar-refractivity contribution in [3.8, 4) is 16.5 Å². The van der Waals surface area contributed by atoms with Crippen LogP contribution in [0, 0.1) is 0 Å². The number of ether oxygens (including phenoxy) is 1. The average Bonchev–Trinajstić information content (AvgIpc) is 3.46. The van der Waals surface area contributed by atoms with Crippen molar-refractivity contribution in [3.05, 3.63) is 51.8 Å². The van der Waals surface area contributed by atoms with Crippen LogP contribution in [0.15, 0.2) is 41.1 Å². The minimum Gasteiger partial charge on any atom is -0.495 e. The number of halogens is 1. The van der Waals surface area contributed by atoms with Gasteiger partial charge in [0.2, 0.25) is 4.96 Å². The molecule has 0 bridgehead atoms. The van der Waals surface area contributed by atoms with Crippen molar-refractivity contribution < 1.29 is 14.3 Å². The first-order chi connectivity index (χ1) is 14.5. The predicted molar refractivity (Wildman–Crippen MR) is 118 cm³/mol. The lowest BCUT2D eigenvalue weighted by atomic mass is 10.3. The van der Waals surface area contributed by atoms with Crippen LogP contribution < -0.4 is 15.4 Å². The SMILES string of the molecule is COc1ccc(Cl)cc1NC(=O)C(=O)NCCc1csc2nc(-c3cccs3)nn12. The number of carbonyl (C=O) groups is 2. The van der Waals surface area contributed by atoms with Crippen LogP contribution in [-0.4, -0.2) is 40.1 Å². The number of carbonyl (C=O) groups excluding carboxylic acids is 2. The van der Waals surface area contributed by atoms with Gasteiger partial charge in [-0.2, -0.15) is 4.98 Å². The number of nitrogens with one attached hydrogen (secondary N) is 2. The Balaban J connectivity index is 1.35. The molecule has 2 N–H and O–H groups in total. The van der Waals surface area contributed by atoms with E-state index >= 15 is 0 Å². The van der Waals surface area contributed by atoms with Crippen molar-refractivity contribution in [2.24, 2.45) is 0 Å². The summed E-state index contributed by atoms with van der Waals surface area (Å²) in [4.78, 5) is 30.6. The Hall–Kier alpha value is -2.95. The first kappa shape index (κ1) is 20.3. The van der Waals surface area contributed by atoms with Gasteiger partial charge in [-0.05, 0) is 29.6 Å². The molecule has 11 heteroatoms. The van der Waals surface area contributed by atoms with E-state index in [1.165, 1.54) is 24.5 Å². The van der Waals surface area contributed by atoms with E-state index in [1.54, 1.807) is 28.0 Å². The summed E-state index contributed by atoms with van der Waals surface area (Å²) >= 11 is 9.00. The summed E-state index contributed by atoms with van der Waals surface area (Å²) in [7, 11) is 1.47. The Morgan fingerprint density at radius 1 is 1.23 bits per heavy atom. The first-order valence-electron chi connectivity index (χ1n) is 8.85. The molecule has 2 amide bonds. The number of rotatable bonds is 6. The number of nitrogens with zero attached hydrogens (tertiary/aromatic N) is 3. The smallest absolute Gasteiger partial charge is 0.313 e.